The Balaban J connectivity index is 1.56. The highest BCUT2D eigenvalue weighted by molar-refractivity contribution is 5.95. The molecule has 0 aromatic heterocycles. The van der Waals surface area contributed by atoms with Gasteiger partial charge in [0.1, 0.15) is 12.6 Å². The van der Waals surface area contributed by atoms with Gasteiger partial charge in [-0.2, -0.15) is 0 Å². The molecule has 0 bridgehead atoms. The SMILES string of the molecule is Cc1ccc(C(=O)OCC(=O)[C@H](C)NC(=O)[C@H](Cc2ccccc2)NC(=O)OCc2ccccc2)cc1. The summed E-state index contributed by atoms with van der Waals surface area (Å²) in [6, 6.07) is 23.2. The van der Waals surface area contributed by atoms with E-state index in [9.17, 15) is 19.2 Å². The third kappa shape index (κ3) is 8.92. The summed E-state index contributed by atoms with van der Waals surface area (Å²) in [7, 11) is 0. The van der Waals surface area contributed by atoms with Crippen molar-refractivity contribution in [2.24, 2.45) is 0 Å². The van der Waals surface area contributed by atoms with E-state index in [2.05, 4.69) is 10.6 Å². The number of Topliss-reactive ketones (excluding diaryl/α,β-unsaturated/α-hetero) is 1. The van der Waals surface area contributed by atoms with E-state index in [-0.39, 0.29) is 13.0 Å². The van der Waals surface area contributed by atoms with Gasteiger partial charge in [0.2, 0.25) is 5.91 Å². The number of benzene rings is 3. The standard InChI is InChI=1S/C29H30N2O6/c1-20-13-15-24(16-14-20)28(34)36-19-26(32)21(2)30-27(33)25(17-22-9-5-3-6-10-22)31-29(35)37-18-23-11-7-4-8-12-23/h3-16,21,25H,17-19H2,1-2H3,(H,30,33)(H,31,35)/t21-,25-/m0/s1. The number of rotatable bonds is 11. The fraction of sp³-hybridized carbons (Fsp3) is 0.241. The Bertz CT molecular complexity index is 1200. The number of carbonyl (C=O) groups is 4. The van der Waals surface area contributed by atoms with Crippen LogP contribution in [-0.4, -0.2) is 42.4 Å². The fourth-order valence-electron chi connectivity index (χ4n) is 3.40. The molecule has 0 unspecified atom stereocenters. The summed E-state index contributed by atoms with van der Waals surface area (Å²) < 4.78 is 10.4. The van der Waals surface area contributed by atoms with E-state index in [0.29, 0.717) is 5.56 Å². The molecule has 2 amide bonds. The number of aryl methyl sites for hydroxylation is 1. The van der Waals surface area contributed by atoms with E-state index >= 15 is 0 Å². The number of carbonyl (C=O) groups excluding carboxylic acids is 4. The maximum atomic E-state index is 13.0. The van der Waals surface area contributed by atoms with Gasteiger partial charge < -0.3 is 20.1 Å². The van der Waals surface area contributed by atoms with Gasteiger partial charge in [-0.05, 0) is 37.1 Å². The Morgan fingerprint density at radius 3 is 1.97 bits per heavy atom. The minimum Gasteiger partial charge on any atom is -0.454 e. The third-order valence-corrected chi connectivity index (χ3v) is 5.58. The van der Waals surface area contributed by atoms with Crippen LogP contribution < -0.4 is 10.6 Å². The lowest BCUT2D eigenvalue weighted by Gasteiger charge is -2.21. The van der Waals surface area contributed by atoms with Crippen molar-refractivity contribution in [1.82, 2.24) is 10.6 Å². The summed E-state index contributed by atoms with van der Waals surface area (Å²) in [5.41, 5.74) is 2.95. The summed E-state index contributed by atoms with van der Waals surface area (Å²) in [6.45, 7) is 2.94. The first-order chi connectivity index (χ1) is 17.8. The zero-order valence-electron chi connectivity index (χ0n) is 20.8. The Morgan fingerprint density at radius 1 is 0.757 bits per heavy atom. The molecule has 8 nitrogen and oxygen atoms in total. The molecule has 3 aromatic carbocycles. The Labute approximate surface area is 216 Å². The van der Waals surface area contributed by atoms with Crippen LogP contribution in [0.1, 0.15) is 34.0 Å². The first-order valence-corrected chi connectivity index (χ1v) is 11.9. The molecule has 0 saturated heterocycles. The topological polar surface area (TPSA) is 111 Å². The lowest BCUT2D eigenvalue weighted by atomic mass is 10.0. The minimum absolute atomic E-state index is 0.0492. The first kappa shape index (κ1) is 27.1. The number of ether oxygens (including phenoxy) is 2. The Kier molecular flexibility index (Phi) is 9.96. The van der Waals surface area contributed by atoms with Gasteiger partial charge >= 0.3 is 12.1 Å². The van der Waals surface area contributed by atoms with Crippen LogP contribution in [0.3, 0.4) is 0 Å². The van der Waals surface area contributed by atoms with Crippen molar-refractivity contribution in [2.75, 3.05) is 6.61 Å². The molecule has 0 saturated carbocycles. The zero-order valence-corrected chi connectivity index (χ0v) is 20.8. The number of nitrogens with one attached hydrogen (secondary N) is 2. The Morgan fingerprint density at radius 2 is 1.35 bits per heavy atom. The van der Waals surface area contributed by atoms with Crippen LogP contribution in [0.15, 0.2) is 84.9 Å². The van der Waals surface area contributed by atoms with Gasteiger partial charge in [-0.15, -0.1) is 0 Å². The molecule has 0 fully saturated rings. The molecule has 0 radical (unpaired) electrons. The molecule has 0 aliphatic heterocycles. The predicted molar refractivity (Wildman–Crippen MR) is 138 cm³/mol. The molecule has 2 N–H and O–H groups in total. The van der Waals surface area contributed by atoms with Crippen LogP contribution >= 0.6 is 0 Å². The van der Waals surface area contributed by atoms with Crippen LogP contribution in [-0.2, 0) is 32.1 Å². The van der Waals surface area contributed by atoms with Crippen molar-refractivity contribution in [1.29, 1.82) is 0 Å². The van der Waals surface area contributed by atoms with E-state index in [4.69, 9.17) is 9.47 Å². The largest absolute Gasteiger partial charge is 0.454 e. The molecule has 8 heteroatoms. The normalized spacial score (nSPS) is 12.1. The number of alkyl carbamates (subject to hydrolysis) is 1. The molecule has 0 heterocycles. The van der Waals surface area contributed by atoms with Crippen molar-refractivity contribution >= 4 is 23.8 Å². The van der Waals surface area contributed by atoms with Gasteiger partial charge in [-0.1, -0.05) is 78.4 Å². The molecule has 192 valence electrons. The maximum Gasteiger partial charge on any atom is 0.408 e. The second-order valence-corrected chi connectivity index (χ2v) is 8.59. The number of esters is 1. The van der Waals surface area contributed by atoms with Crippen molar-refractivity contribution < 1.29 is 28.7 Å². The molecule has 2 atom stereocenters. The molecule has 3 aromatic rings. The van der Waals surface area contributed by atoms with Crippen molar-refractivity contribution in [3.05, 3.63) is 107 Å². The monoisotopic (exact) mass is 502 g/mol. The predicted octanol–water partition coefficient (Wildman–Crippen LogP) is 3.76. The van der Waals surface area contributed by atoms with Crippen LogP contribution in [0.5, 0.6) is 0 Å². The average molecular weight is 503 g/mol. The van der Waals surface area contributed by atoms with Gasteiger partial charge in [0.05, 0.1) is 11.6 Å². The number of hydrogen-bond acceptors (Lipinski definition) is 6. The molecule has 37 heavy (non-hydrogen) atoms. The maximum absolute atomic E-state index is 13.0. The highest BCUT2D eigenvalue weighted by atomic mass is 16.5. The van der Waals surface area contributed by atoms with Crippen LogP contribution in [0, 0.1) is 6.92 Å². The summed E-state index contributed by atoms with van der Waals surface area (Å²) in [6.07, 6.45) is -0.567. The second-order valence-electron chi connectivity index (χ2n) is 8.59. The highest BCUT2D eigenvalue weighted by Gasteiger charge is 2.26. The van der Waals surface area contributed by atoms with Crippen molar-refractivity contribution in [3.8, 4) is 0 Å². The van der Waals surface area contributed by atoms with Crippen LogP contribution in [0.4, 0.5) is 4.79 Å². The lowest BCUT2D eigenvalue weighted by Crippen LogP contribution is -2.52. The van der Waals surface area contributed by atoms with E-state index in [1.165, 1.54) is 6.92 Å². The smallest absolute Gasteiger partial charge is 0.408 e. The van der Waals surface area contributed by atoms with E-state index in [1.807, 2.05) is 67.6 Å². The molecular formula is C29H30N2O6. The van der Waals surface area contributed by atoms with E-state index in [0.717, 1.165) is 16.7 Å². The van der Waals surface area contributed by atoms with Crippen molar-refractivity contribution in [2.45, 2.75) is 39.0 Å². The summed E-state index contributed by atoms with van der Waals surface area (Å²) >= 11 is 0. The molecule has 0 aliphatic carbocycles. The fourth-order valence-corrected chi connectivity index (χ4v) is 3.40. The summed E-state index contributed by atoms with van der Waals surface area (Å²) in [5, 5.41) is 5.19. The quantitative estimate of drug-likeness (QED) is 0.386. The lowest BCUT2D eigenvalue weighted by molar-refractivity contribution is -0.130. The van der Waals surface area contributed by atoms with Gasteiger partial charge in [-0.25, -0.2) is 9.59 Å². The summed E-state index contributed by atoms with van der Waals surface area (Å²) in [5.74, 6) is -1.68. The number of amides is 2. The van der Waals surface area contributed by atoms with E-state index < -0.39 is 42.4 Å². The van der Waals surface area contributed by atoms with Gasteiger partial charge in [0.25, 0.3) is 0 Å². The van der Waals surface area contributed by atoms with Gasteiger partial charge in [-0.3, -0.25) is 9.59 Å². The van der Waals surface area contributed by atoms with Gasteiger partial charge in [0, 0.05) is 6.42 Å². The third-order valence-electron chi connectivity index (χ3n) is 5.58. The first-order valence-electron chi connectivity index (χ1n) is 11.9. The minimum atomic E-state index is -0.990. The highest BCUT2D eigenvalue weighted by Crippen LogP contribution is 2.07. The average Bonchev–Trinajstić information content (AvgIpc) is 2.91. The summed E-state index contributed by atoms with van der Waals surface area (Å²) in [4.78, 5) is 50.2. The molecule has 0 spiro atoms. The molecule has 3 rings (SSSR count). The Hall–Kier alpha value is -4.46. The van der Waals surface area contributed by atoms with E-state index in [1.54, 1.807) is 24.3 Å². The van der Waals surface area contributed by atoms with Gasteiger partial charge in [0.15, 0.2) is 12.4 Å². The second kappa shape index (κ2) is 13.6. The molecular weight excluding hydrogens is 472 g/mol. The van der Waals surface area contributed by atoms with Crippen molar-refractivity contribution in [3.63, 3.8) is 0 Å². The number of ketones is 1. The molecule has 0 aliphatic rings. The van der Waals surface area contributed by atoms with Crippen LogP contribution in [0.25, 0.3) is 0 Å². The zero-order chi connectivity index (χ0) is 26.6. The van der Waals surface area contributed by atoms with Crippen LogP contribution in [0.2, 0.25) is 0 Å². The number of hydrogen-bond donors (Lipinski definition) is 2.